The molecule has 0 aliphatic carbocycles. The van der Waals surface area contributed by atoms with Gasteiger partial charge in [0.1, 0.15) is 5.82 Å². The van der Waals surface area contributed by atoms with E-state index in [1.807, 2.05) is 13.8 Å². The maximum Gasteiger partial charge on any atom is 0.234 e. The quantitative estimate of drug-likeness (QED) is 0.742. The summed E-state index contributed by atoms with van der Waals surface area (Å²) in [7, 11) is 0. The highest BCUT2D eigenvalue weighted by molar-refractivity contribution is 7.99. The molecule has 1 atom stereocenters. The Balaban J connectivity index is 1.88. The maximum atomic E-state index is 11.4. The number of carbonyl (C=O) groups excluding carboxylic acids is 1. The molecule has 1 unspecified atom stereocenters. The van der Waals surface area contributed by atoms with Gasteiger partial charge < -0.3 is 15.6 Å². The van der Waals surface area contributed by atoms with Gasteiger partial charge >= 0.3 is 0 Å². The molecule has 0 radical (unpaired) electrons. The van der Waals surface area contributed by atoms with Crippen molar-refractivity contribution >= 4 is 17.7 Å². The van der Waals surface area contributed by atoms with E-state index in [1.165, 1.54) is 19.3 Å². The molecule has 6 nitrogen and oxygen atoms in total. The number of rotatable bonds is 7. The third-order valence-corrected chi connectivity index (χ3v) is 4.59. The van der Waals surface area contributed by atoms with Gasteiger partial charge in [0.05, 0.1) is 6.04 Å². The Morgan fingerprint density at radius 2 is 2.19 bits per heavy atom. The van der Waals surface area contributed by atoms with Crippen molar-refractivity contribution in [2.45, 2.75) is 69.7 Å². The van der Waals surface area contributed by atoms with Crippen LogP contribution in [0.5, 0.6) is 0 Å². The van der Waals surface area contributed by atoms with Crippen LogP contribution in [0, 0.1) is 0 Å². The lowest BCUT2D eigenvalue weighted by molar-refractivity contribution is -0.120. The molecule has 1 aliphatic heterocycles. The van der Waals surface area contributed by atoms with E-state index in [4.69, 9.17) is 5.73 Å². The van der Waals surface area contributed by atoms with E-state index in [9.17, 15) is 4.79 Å². The van der Waals surface area contributed by atoms with Gasteiger partial charge in [-0.3, -0.25) is 4.79 Å². The van der Waals surface area contributed by atoms with Crippen molar-refractivity contribution < 1.29 is 4.79 Å². The second kappa shape index (κ2) is 7.79. The fraction of sp³-hybridized carbons (Fsp3) is 0.786. The van der Waals surface area contributed by atoms with E-state index in [0.29, 0.717) is 6.42 Å². The molecule has 1 aromatic heterocycles. The van der Waals surface area contributed by atoms with Gasteiger partial charge in [-0.25, -0.2) is 0 Å². The van der Waals surface area contributed by atoms with Crippen LogP contribution < -0.4 is 11.1 Å². The lowest BCUT2D eigenvalue weighted by Gasteiger charge is -2.17. The molecular weight excluding hydrogens is 286 g/mol. The predicted molar refractivity (Wildman–Crippen MR) is 84.2 cm³/mol. The lowest BCUT2D eigenvalue weighted by atomic mass is 10.2. The zero-order chi connectivity index (χ0) is 15.2. The number of primary amides is 1. The first-order valence-electron chi connectivity index (χ1n) is 7.68. The SMILES string of the molecule is CC(C)NC(CCSc1nnc2n1CCCCC2)C(N)=O. The number of nitrogens with zero attached hydrogens (tertiary/aromatic N) is 3. The summed E-state index contributed by atoms with van der Waals surface area (Å²) in [5, 5.41) is 12.7. The van der Waals surface area contributed by atoms with Gasteiger partial charge in [-0.2, -0.15) is 0 Å². The number of fused-ring (bicyclic) bond motifs is 1. The molecule has 0 bridgehead atoms. The molecule has 0 saturated heterocycles. The summed E-state index contributed by atoms with van der Waals surface area (Å²) in [6.07, 6.45) is 5.38. The Morgan fingerprint density at radius 1 is 1.38 bits per heavy atom. The van der Waals surface area contributed by atoms with Crippen LogP contribution in [0.3, 0.4) is 0 Å². The summed E-state index contributed by atoms with van der Waals surface area (Å²) < 4.78 is 2.23. The average molecular weight is 311 g/mol. The highest BCUT2D eigenvalue weighted by Crippen LogP contribution is 2.22. The van der Waals surface area contributed by atoms with E-state index in [2.05, 4.69) is 20.1 Å². The van der Waals surface area contributed by atoms with Crippen LogP contribution in [0.25, 0.3) is 0 Å². The number of hydrogen-bond donors (Lipinski definition) is 2. The van der Waals surface area contributed by atoms with Gasteiger partial charge in [0.25, 0.3) is 0 Å². The van der Waals surface area contributed by atoms with Crippen LogP contribution in [0.1, 0.15) is 45.4 Å². The van der Waals surface area contributed by atoms with Crippen LogP contribution in [-0.4, -0.2) is 38.5 Å². The molecule has 1 aromatic rings. The molecular formula is C14H25N5OS. The minimum absolute atomic E-state index is 0.247. The summed E-state index contributed by atoms with van der Waals surface area (Å²) in [6, 6.07) is -0.0270. The molecule has 0 fully saturated rings. The van der Waals surface area contributed by atoms with E-state index < -0.39 is 0 Å². The molecule has 7 heteroatoms. The molecule has 0 spiro atoms. The highest BCUT2D eigenvalue weighted by atomic mass is 32.2. The zero-order valence-corrected chi connectivity index (χ0v) is 13.7. The van der Waals surface area contributed by atoms with Crippen LogP contribution in [0.2, 0.25) is 0 Å². The fourth-order valence-corrected chi connectivity index (χ4v) is 3.53. The normalized spacial score (nSPS) is 16.5. The van der Waals surface area contributed by atoms with E-state index in [1.54, 1.807) is 11.8 Å². The number of nitrogens with two attached hydrogens (primary N) is 1. The van der Waals surface area contributed by atoms with Gasteiger partial charge in [0.15, 0.2) is 5.16 Å². The first kappa shape index (κ1) is 16.3. The summed E-state index contributed by atoms with van der Waals surface area (Å²) in [4.78, 5) is 11.4. The first-order valence-corrected chi connectivity index (χ1v) is 8.66. The Kier molecular flexibility index (Phi) is 6.05. The largest absolute Gasteiger partial charge is 0.368 e. The molecule has 2 heterocycles. The molecule has 3 N–H and O–H groups in total. The van der Waals surface area contributed by atoms with Gasteiger partial charge in [0, 0.05) is 24.8 Å². The van der Waals surface area contributed by atoms with Gasteiger partial charge in [-0.05, 0) is 19.3 Å². The third-order valence-electron chi connectivity index (χ3n) is 3.59. The maximum absolute atomic E-state index is 11.4. The van der Waals surface area contributed by atoms with Crippen LogP contribution in [0.15, 0.2) is 5.16 Å². The number of hydrogen-bond acceptors (Lipinski definition) is 5. The van der Waals surface area contributed by atoms with E-state index in [-0.39, 0.29) is 18.0 Å². The molecule has 2 rings (SSSR count). The number of thioether (sulfide) groups is 1. The van der Waals surface area contributed by atoms with Crippen molar-refractivity contribution in [1.29, 1.82) is 0 Å². The van der Waals surface area contributed by atoms with Crippen molar-refractivity contribution in [3.05, 3.63) is 5.82 Å². The summed E-state index contributed by atoms with van der Waals surface area (Å²) >= 11 is 1.67. The number of carbonyl (C=O) groups is 1. The minimum Gasteiger partial charge on any atom is -0.368 e. The fourth-order valence-electron chi connectivity index (χ4n) is 2.54. The number of nitrogens with one attached hydrogen (secondary N) is 1. The Morgan fingerprint density at radius 3 is 2.90 bits per heavy atom. The molecule has 1 aliphatic rings. The summed E-state index contributed by atoms with van der Waals surface area (Å²) in [5.74, 6) is 1.62. The summed E-state index contributed by atoms with van der Waals surface area (Å²) in [5.41, 5.74) is 5.43. The van der Waals surface area contributed by atoms with E-state index in [0.717, 1.165) is 29.7 Å². The molecule has 21 heavy (non-hydrogen) atoms. The second-order valence-corrected chi connectivity index (χ2v) is 6.84. The first-order chi connectivity index (χ1) is 10.1. The smallest absolute Gasteiger partial charge is 0.234 e. The second-order valence-electron chi connectivity index (χ2n) is 5.77. The average Bonchev–Trinajstić information content (AvgIpc) is 2.66. The van der Waals surface area contributed by atoms with Crippen molar-refractivity contribution in [3.8, 4) is 0 Å². The van der Waals surface area contributed by atoms with Crippen molar-refractivity contribution in [2.75, 3.05) is 5.75 Å². The van der Waals surface area contributed by atoms with Crippen molar-refractivity contribution in [2.24, 2.45) is 5.73 Å². The summed E-state index contributed by atoms with van der Waals surface area (Å²) in [6.45, 7) is 5.04. The standard InChI is InChI=1S/C14H25N5OS/c1-10(2)16-11(13(15)20)7-9-21-14-18-17-12-6-4-3-5-8-19(12)14/h10-11,16H,3-9H2,1-2H3,(H2,15,20). The number of aromatic nitrogens is 3. The van der Waals surface area contributed by atoms with Gasteiger partial charge in [-0.15, -0.1) is 10.2 Å². The van der Waals surface area contributed by atoms with Gasteiger partial charge in [0.2, 0.25) is 5.91 Å². The van der Waals surface area contributed by atoms with Crippen molar-refractivity contribution in [3.63, 3.8) is 0 Å². The van der Waals surface area contributed by atoms with Crippen LogP contribution >= 0.6 is 11.8 Å². The monoisotopic (exact) mass is 311 g/mol. The van der Waals surface area contributed by atoms with Crippen molar-refractivity contribution in [1.82, 2.24) is 20.1 Å². The number of amides is 1. The zero-order valence-electron chi connectivity index (χ0n) is 12.8. The predicted octanol–water partition coefficient (Wildman–Crippen LogP) is 1.34. The lowest BCUT2D eigenvalue weighted by Crippen LogP contribution is -2.44. The topological polar surface area (TPSA) is 85.8 Å². The van der Waals surface area contributed by atoms with Crippen LogP contribution in [0.4, 0.5) is 0 Å². The Bertz CT molecular complexity index is 474. The Hall–Kier alpha value is -1.08. The molecule has 0 aromatic carbocycles. The van der Waals surface area contributed by atoms with Gasteiger partial charge in [-0.1, -0.05) is 32.0 Å². The molecule has 0 saturated carbocycles. The Labute approximate surface area is 130 Å². The number of aryl methyl sites for hydroxylation is 1. The molecule has 118 valence electrons. The van der Waals surface area contributed by atoms with E-state index >= 15 is 0 Å². The third kappa shape index (κ3) is 4.71. The van der Waals surface area contributed by atoms with Crippen LogP contribution in [-0.2, 0) is 17.8 Å². The minimum atomic E-state index is -0.288. The highest BCUT2D eigenvalue weighted by Gasteiger charge is 2.18. The molecule has 1 amide bonds.